The number of benzene rings is 1. The predicted molar refractivity (Wildman–Crippen MR) is 69.3 cm³/mol. The molecule has 0 aliphatic carbocycles. The summed E-state index contributed by atoms with van der Waals surface area (Å²) < 4.78 is 13.3. The highest BCUT2D eigenvalue weighted by Crippen LogP contribution is 2.19. The normalized spacial score (nSPS) is 11.8. The number of hydrogen-bond acceptors (Lipinski definition) is 3. The van der Waals surface area contributed by atoms with E-state index in [1.54, 1.807) is 6.92 Å². The number of halogens is 2. The molecule has 1 atom stereocenters. The van der Waals surface area contributed by atoms with Gasteiger partial charge in [0.2, 0.25) is 0 Å². The molecule has 0 radical (unpaired) electrons. The minimum atomic E-state index is -0.994. The van der Waals surface area contributed by atoms with E-state index in [1.165, 1.54) is 12.1 Å². The fourth-order valence-electron chi connectivity index (χ4n) is 1.25. The number of carbonyl (C=O) groups excluding carboxylic acids is 2. The molecule has 7 heteroatoms. The zero-order valence-electron chi connectivity index (χ0n) is 10.2. The number of amides is 2. The Bertz CT molecular complexity index is 480. The summed E-state index contributed by atoms with van der Waals surface area (Å²) in [5, 5.41) is 13.6. The van der Waals surface area contributed by atoms with E-state index >= 15 is 0 Å². The highest BCUT2D eigenvalue weighted by Gasteiger charge is 2.15. The lowest BCUT2D eigenvalue weighted by molar-refractivity contribution is -0.136. The third kappa shape index (κ3) is 5.23. The molecule has 0 heterocycles. The average Bonchev–Trinajstić information content (AvgIpc) is 2.33. The van der Waals surface area contributed by atoms with Crippen LogP contribution in [0.2, 0.25) is 5.02 Å². The topological polar surface area (TPSA) is 78.4 Å². The van der Waals surface area contributed by atoms with Gasteiger partial charge in [0, 0.05) is 11.6 Å². The van der Waals surface area contributed by atoms with Crippen LogP contribution in [0.3, 0.4) is 0 Å². The summed E-state index contributed by atoms with van der Waals surface area (Å²) in [5.41, 5.74) is -0.164. The van der Waals surface area contributed by atoms with Gasteiger partial charge in [-0.2, -0.15) is 0 Å². The largest absolute Gasteiger partial charge is 0.393 e. The number of anilines is 1. The van der Waals surface area contributed by atoms with Gasteiger partial charge in [0.1, 0.15) is 5.82 Å². The summed E-state index contributed by atoms with van der Waals surface area (Å²) in [6.07, 6.45) is -0.251. The van der Waals surface area contributed by atoms with E-state index in [4.69, 9.17) is 16.7 Å². The van der Waals surface area contributed by atoms with Crippen molar-refractivity contribution in [1.82, 2.24) is 5.32 Å². The average molecular weight is 289 g/mol. The molecule has 0 fully saturated rings. The van der Waals surface area contributed by atoms with Gasteiger partial charge in [-0.25, -0.2) is 4.39 Å². The van der Waals surface area contributed by atoms with Gasteiger partial charge in [0.15, 0.2) is 0 Å². The molecule has 5 nitrogen and oxygen atoms in total. The maximum Gasteiger partial charge on any atom is 0.313 e. The van der Waals surface area contributed by atoms with Crippen LogP contribution >= 0.6 is 11.6 Å². The summed E-state index contributed by atoms with van der Waals surface area (Å²) in [6.45, 7) is 1.72. The maximum absolute atomic E-state index is 13.3. The third-order valence-corrected chi connectivity index (χ3v) is 2.47. The lowest BCUT2D eigenvalue weighted by Crippen LogP contribution is -2.36. The lowest BCUT2D eigenvalue weighted by atomic mass is 10.3. The summed E-state index contributed by atoms with van der Waals surface area (Å²) in [7, 11) is 0. The van der Waals surface area contributed by atoms with Crippen molar-refractivity contribution < 1.29 is 19.1 Å². The molecule has 0 bridgehead atoms. The Balaban J connectivity index is 2.54. The van der Waals surface area contributed by atoms with Crippen LogP contribution in [0.15, 0.2) is 18.2 Å². The Morgan fingerprint density at radius 3 is 2.74 bits per heavy atom. The minimum absolute atomic E-state index is 0.155. The first kappa shape index (κ1) is 15.4. The van der Waals surface area contributed by atoms with Gasteiger partial charge in [0.05, 0.1) is 11.8 Å². The van der Waals surface area contributed by atoms with Crippen LogP contribution in [0.25, 0.3) is 0 Å². The van der Waals surface area contributed by atoms with Crippen LogP contribution in [0.1, 0.15) is 13.3 Å². The first-order valence-electron chi connectivity index (χ1n) is 5.62. The van der Waals surface area contributed by atoms with Crippen molar-refractivity contribution in [3.63, 3.8) is 0 Å². The summed E-state index contributed by atoms with van der Waals surface area (Å²) in [5.74, 6) is -2.58. The van der Waals surface area contributed by atoms with Crippen LogP contribution in [0.4, 0.5) is 10.1 Å². The van der Waals surface area contributed by atoms with E-state index in [1.807, 2.05) is 0 Å². The van der Waals surface area contributed by atoms with Crippen molar-refractivity contribution >= 4 is 29.1 Å². The van der Waals surface area contributed by atoms with E-state index in [0.717, 1.165) is 6.07 Å². The molecule has 1 aromatic rings. The SMILES string of the molecule is CC(O)CCNC(=O)C(=O)Nc1cc(Cl)ccc1F. The number of nitrogens with one attached hydrogen (secondary N) is 2. The molecule has 1 unspecified atom stereocenters. The quantitative estimate of drug-likeness (QED) is 0.731. The van der Waals surface area contributed by atoms with Crippen LogP contribution in [-0.4, -0.2) is 29.6 Å². The van der Waals surface area contributed by atoms with Crippen LogP contribution in [0, 0.1) is 5.82 Å². The number of rotatable bonds is 4. The Hall–Kier alpha value is -1.66. The second-order valence-corrected chi connectivity index (χ2v) is 4.41. The summed E-state index contributed by atoms with van der Waals surface area (Å²) >= 11 is 5.65. The molecule has 2 amide bonds. The molecule has 1 aromatic carbocycles. The molecule has 0 saturated heterocycles. The standard InChI is InChI=1S/C12H14ClFN2O3/c1-7(17)4-5-15-11(18)12(19)16-10-6-8(13)2-3-9(10)14/h2-3,6-7,17H,4-5H2,1H3,(H,15,18)(H,16,19). The van der Waals surface area contributed by atoms with Crippen LogP contribution in [0.5, 0.6) is 0 Å². The third-order valence-electron chi connectivity index (χ3n) is 2.23. The zero-order valence-corrected chi connectivity index (χ0v) is 11.0. The monoisotopic (exact) mass is 288 g/mol. The molecule has 0 saturated carbocycles. The zero-order chi connectivity index (χ0) is 14.4. The van der Waals surface area contributed by atoms with Crippen molar-refractivity contribution in [3.8, 4) is 0 Å². The van der Waals surface area contributed by atoms with Crippen molar-refractivity contribution in [2.75, 3.05) is 11.9 Å². The number of aliphatic hydroxyl groups excluding tert-OH is 1. The van der Waals surface area contributed by atoms with Gasteiger partial charge < -0.3 is 15.7 Å². The van der Waals surface area contributed by atoms with Gasteiger partial charge in [-0.15, -0.1) is 0 Å². The Morgan fingerprint density at radius 2 is 2.11 bits per heavy atom. The van der Waals surface area contributed by atoms with Crippen molar-refractivity contribution in [1.29, 1.82) is 0 Å². The first-order chi connectivity index (χ1) is 8.90. The smallest absolute Gasteiger partial charge is 0.313 e. The maximum atomic E-state index is 13.3. The fourth-order valence-corrected chi connectivity index (χ4v) is 1.42. The highest BCUT2D eigenvalue weighted by molar-refractivity contribution is 6.39. The van der Waals surface area contributed by atoms with E-state index in [-0.39, 0.29) is 17.3 Å². The predicted octanol–water partition coefficient (Wildman–Crippen LogP) is 1.30. The number of aliphatic hydroxyl groups is 1. The second-order valence-electron chi connectivity index (χ2n) is 3.97. The van der Waals surface area contributed by atoms with Gasteiger partial charge in [-0.05, 0) is 31.5 Å². The molecule has 3 N–H and O–H groups in total. The molecule has 0 spiro atoms. The Labute approximate surface area is 114 Å². The summed E-state index contributed by atoms with van der Waals surface area (Å²) in [4.78, 5) is 22.8. The molecule has 19 heavy (non-hydrogen) atoms. The van der Waals surface area contributed by atoms with Gasteiger partial charge in [0.25, 0.3) is 0 Å². The van der Waals surface area contributed by atoms with E-state index in [0.29, 0.717) is 6.42 Å². The highest BCUT2D eigenvalue weighted by atomic mass is 35.5. The van der Waals surface area contributed by atoms with E-state index < -0.39 is 23.7 Å². The van der Waals surface area contributed by atoms with Crippen molar-refractivity contribution in [2.24, 2.45) is 0 Å². The molecule has 0 aromatic heterocycles. The first-order valence-corrected chi connectivity index (χ1v) is 6.00. The number of hydrogen-bond donors (Lipinski definition) is 3. The molecule has 0 aliphatic rings. The Kier molecular flexibility index (Phi) is 5.72. The van der Waals surface area contributed by atoms with Crippen LogP contribution in [-0.2, 0) is 9.59 Å². The molecular formula is C12H14ClFN2O3. The van der Waals surface area contributed by atoms with E-state index in [2.05, 4.69) is 10.6 Å². The van der Waals surface area contributed by atoms with E-state index in [9.17, 15) is 14.0 Å². The fraction of sp³-hybridized carbons (Fsp3) is 0.333. The molecule has 104 valence electrons. The second kappa shape index (κ2) is 7.06. The minimum Gasteiger partial charge on any atom is -0.393 e. The van der Waals surface area contributed by atoms with Gasteiger partial charge in [-0.1, -0.05) is 11.6 Å². The summed E-state index contributed by atoms with van der Waals surface area (Å²) in [6, 6.07) is 3.62. The van der Waals surface area contributed by atoms with Gasteiger partial charge >= 0.3 is 11.8 Å². The van der Waals surface area contributed by atoms with Crippen molar-refractivity contribution in [3.05, 3.63) is 29.0 Å². The lowest BCUT2D eigenvalue weighted by Gasteiger charge is -2.08. The molecular weight excluding hydrogens is 275 g/mol. The number of carbonyl (C=O) groups is 2. The Morgan fingerprint density at radius 1 is 1.42 bits per heavy atom. The van der Waals surface area contributed by atoms with Gasteiger partial charge in [-0.3, -0.25) is 9.59 Å². The van der Waals surface area contributed by atoms with Crippen molar-refractivity contribution in [2.45, 2.75) is 19.4 Å². The molecule has 0 aliphatic heterocycles. The van der Waals surface area contributed by atoms with Crippen LogP contribution < -0.4 is 10.6 Å². The molecule has 1 rings (SSSR count).